The second-order valence-electron chi connectivity index (χ2n) is 6.26. The number of halogens is 2. The maximum Gasteiger partial charge on any atom is 0.359 e. The Morgan fingerprint density at radius 3 is 2.53 bits per heavy atom. The maximum absolute atomic E-state index is 13.1. The van der Waals surface area contributed by atoms with E-state index >= 15 is 0 Å². The number of carbonyl (C=O) groups is 1. The monoisotopic (exact) mass is 516 g/mol. The molecule has 0 aliphatic heterocycles. The van der Waals surface area contributed by atoms with Crippen molar-refractivity contribution >= 4 is 49.4 Å². The molecule has 160 valence electrons. The zero-order valence-electron chi connectivity index (χ0n) is 15.8. The molecular weight excluding hydrogens is 500 g/mol. The maximum atomic E-state index is 13.1. The van der Waals surface area contributed by atoms with Crippen molar-refractivity contribution in [3.63, 3.8) is 0 Å². The van der Waals surface area contributed by atoms with Crippen LogP contribution in [-0.2, 0) is 23.4 Å². The predicted octanol–water partition coefficient (Wildman–Crippen LogP) is 4.76. The summed E-state index contributed by atoms with van der Waals surface area (Å²) in [6, 6.07) is 11.1. The Morgan fingerprint density at radius 2 is 1.97 bits per heavy atom. The number of carbonyl (C=O) groups excluding carboxylic acids is 1. The zero-order chi connectivity index (χ0) is 21.9. The van der Waals surface area contributed by atoms with Gasteiger partial charge in [-0.3, -0.25) is 9.35 Å². The Kier molecular flexibility index (Phi) is 6.91. The van der Waals surface area contributed by atoms with Gasteiger partial charge in [-0.15, -0.1) is 0 Å². The lowest BCUT2D eigenvalue weighted by Gasteiger charge is -2.26. The molecule has 0 fully saturated rings. The first-order valence-electron chi connectivity index (χ1n) is 8.79. The molecule has 0 saturated carbocycles. The minimum atomic E-state index is -4.51. The van der Waals surface area contributed by atoms with E-state index in [1.165, 1.54) is 29.4 Å². The average Bonchev–Trinajstić information content (AvgIpc) is 3.33. The van der Waals surface area contributed by atoms with E-state index in [0.29, 0.717) is 21.0 Å². The van der Waals surface area contributed by atoms with Crippen molar-refractivity contribution in [3.05, 3.63) is 75.5 Å². The Balaban J connectivity index is 2.01. The SMILES string of the molecule is CCN(c1ccc(Cl)cc1CN(Cc1ccco1)C(=O)c1ccc(Br)o1)S(=O)(=O)O. The van der Waals surface area contributed by atoms with Crippen LogP contribution in [0.5, 0.6) is 0 Å². The number of furan rings is 2. The van der Waals surface area contributed by atoms with E-state index in [9.17, 15) is 17.8 Å². The first-order valence-corrected chi connectivity index (χ1v) is 11.4. The van der Waals surface area contributed by atoms with E-state index in [1.807, 2.05) is 0 Å². The molecule has 1 amide bonds. The summed E-state index contributed by atoms with van der Waals surface area (Å²) >= 11 is 9.30. The predicted molar refractivity (Wildman–Crippen MR) is 115 cm³/mol. The van der Waals surface area contributed by atoms with Crippen LogP contribution < -0.4 is 4.31 Å². The minimum absolute atomic E-state index is 0.00920. The van der Waals surface area contributed by atoms with E-state index in [0.717, 1.165) is 4.31 Å². The highest BCUT2D eigenvalue weighted by molar-refractivity contribution is 9.10. The zero-order valence-corrected chi connectivity index (χ0v) is 18.9. The molecule has 1 N–H and O–H groups in total. The van der Waals surface area contributed by atoms with Crippen molar-refractivity contribution in [2.45, 2.75) is 20.0 Å². The molecule has 0 unspecified atom stereocenters. The fraction of sp³-hybridized carbons (Fsp3) is 0.211. The van der Waals surface area contributed by atoms with E-state index in [4.69, 9.17) is 20.4 Å². The number of amides is 1. The Morgan fingerprint density at radius 1 is 1.20 bits per heavy atom. The number of hydrogen-bond acceptors (Lipinski definition) is 5. The molecule has 0 spiro atoms. The first kappa shape index (κ1) is 22.4. The summed E-state index contributed by atoms with van der Waals surface area (Å²) in [5.74, 6) is 0.191. The lowest BCUT2D eigenvalue weighted by Crippen LogP contribution is -2.33. The van der Waals surface area contributed by atoms with E-state index < -0.39 is 16.2 Å². The molecule has 0 saturated heterocycles. The third-order valence-corrected chi connectivity index (χ3v) is 5.91. The molecule has 8 nitrogen and oxygen atoms in total. The second kappa shape index (κ2) is 9.25. The normalized spacial score (nSPS) is 11.5. The van der Waals surface area contributed by atoms with Gasteiger partial charge in [0.1, 0.15) is 5.76 Å². The standard InChI is InChI=1S/C19H18BrClN2O6S/c1-2-23(30(25,26)27)16-6-5-14(21)10-13(16)11-22(12-15-4-3-9-28-15)19(24)17-7-8-18(20)29-17/h3-10H,2,11-12H2,1H3,(H,25,26,27). The third-order valence-electron chi connectivity index (χ3n) is 4.24. The van der Waals surface area contributed by atoms with Gasteiger partial charge < -0.3 is 13.7 Å². The van der Waals surface area contributed by atoms with Crippen molar-refractivity contribution in [1.29, 1.82) is 0 Å². The first-order chi connectivity index (χ1) is 14.2. The summed E-state index contributed by atoms with van der Waals surface area (Å²) in [5, 5.41) is 0.353. The summed E-state index contributed by atoms with van der Waals surface area (Å²) in [4.78, 5) is 14.5. The summed E-state index contributed by atoms with van der Waals surface area (Å²) in [7, 11) is -4.51. The van der Waals surface area contributed by atoms with Gasteiger partial charge in [-0.1, -0.05) is 11.6 Å². The number of anilines is 1. The molecule has 1 aromatic carbocycles. The number of hydrogen-bond donors (Lipinski definition) is 1. The van der Waals surface area contributed by atoms with Crippen LogP contribution >= 0.6 is 27.5 Å². The molecule has 0 radical (unpaired) electrons. The van der Waals surface area contributed by atoms with Crippen LogP contribution in [0.4, 0.5) is 5.69 Å². The lowest BCUT2D eigenvalue weighted by atomic mass is 10.1. The number of nitrogens with zero attached hydrogens (tertiary/aromatic N) is 2. The average molecular weight is 518 g/mol. The van der Waals surface area contributed by atoms with Crippen LogP contribution in [0.1, 0.15) is 28.8 Å². The Bertz CT molecular complexity index is 1130. The van der Waals surface area contributed by atoms with Crippen LogP contribution in [0, 0.1) is 0 Å². The summed E-state index contributed by atoms with van der Waals surface area (Å²) < 4.78 is 45.2. The van der Waals surface area contributed by atoms with Gasteiger partial charge in [0.15, 0.2) is 10.4 Å². The molecule has 30 heavy (non-hydrogen) atoms. The minimum Gasteiger partial charge on any atom is -0.467 e. The quantitative estimate of drug-likeness (QED) is 0.432. The molecule has 2 heterocycles. The molecule has 0 aliphatic carbocycles. The molecule has 3 aromatic rings. The van der Waals surface area contributed by atoms with Crippen LogP contribution in [-0.4, -0.2) is 30.3 Å². The van der Waals surface area contributed by atoms with Crippen LogP contribution in [0.3, 0.4) is 0 Å². The van der Waals surface area contributed by atoms with Crippen molar-refractivity contribution in [1.82, 2.24) is 4.90 Å². The van der Waals surface area contributed by atoms with Crippen molar-refractivity contribution in [2.24, 2.45) is 0 Å². The van der Waals surface area contributed by atoms with E-state index in [-0.39, 0.29) is 31.1 Å². The smallest absolute Gasteiger partial charge is 0.359 e. The molecule has 0 aliphatic rings. The van der Waals surface area contributed by atoms with Crippen LogP contribution in [0.2, 0.25) is 5.02 Å². The van der Waals surface area contributed by atoms with Gasteiger partial charge in [-0.05, 0) is 70.9 Å². The Labute approximate surface area is 187 Å². The molecule has 11 heteroatoms. The largest absolute Gasteiger partial charge is 0.467 e. The van der Waals surface area contributed by atoms with Gasteiger partial charge in [0.05, 0.1) is 18.5 Å². The highest BCUT2D eigenvalue weighted by atomic mass is 79.9. The van der Waals surface area contributed by atoms with Gasteiger partial charge in [-0.2, -0.15) is 8.42 Å². The van der Waals surface area contributed by atoms with Gasteiger partial charge >= 0.3 is 10.3 Å². The number of benzene rings is 1. The molecule has 0 atom stereocenters. The van der Waals surface area contributed by atoms with E-state index in [1.54, 1.807) is 31.2 Å². The van der Waals surface area contributed by atoms with Gasteiger partial charge in [-0.25, -0.2) is 4.31 Å². The summed E-state index contributed by atoms with van der Waals surface area (Å²) in [5.41, 5.74) is 0.634. The third kappa shape index (κ3) is 5.25. The highest BCUT2D eigenvalue weighted by Crippen LogP contribution is 2.29. The lowest BCUT2D eigenvalue weighted by molar-refractivity contribution is 0.0684. The summed E-state index contributed by atoms with van der Waals surface area (Å²) in [6.07, 6.45) is 1.49. The van der Waals surface area contributed by atoms with Crippen molar-refractivity contribution < 1.29 is 26.6 Å². The van der Waals surface area contributed by atoms with Crippen LogP contribution in [0.25, 0.3) is 0 Å². The molecule has 2 aromatic heterocycles. The van der Waals surface area contributed by atoms with Crippen LogP contribution in [0.15, 0.2) is 62.2 Å². The van der Waals surface area contributed by atoms with Crippen molar-refractivity contribution in [2.75, 3.05) is 10.8 Å². The second-order valence-corrected chi connectivity index (χ2v) is 8.81. The molecule has 0 bridgehead atoms. The topological polar surface area (TPSA) is 104 Å². The summed E-state index contributed by atoms with van der Waals surface area (Å²) in [6.45, 7) is 1.66. The fourth-order valence-electron chi connectivity index (χ4n) is 2.96. The molecular formula is C19H18BrClN2O6S. The Hall–Kier alpha value is -2.27. The van der Waals surface area contributed by atoms with Gasteiger partial charge in [0.25, 0.3) is 5.91 Å². The fourth-order valence-corrected chi connectivity index (χ4v) is 4.22. The molecule has 3 rings (SSSR count). The highest BCUT2D eigenvalue weighted by Gasteiger charge is 2.25. The number of rotatable bonds is 8. The van der Waals surface area contributed by atoms with Crippen molar-refractivity contribution in [3.8, 4) is 0 Å². The van der Waals surface area contributed by atoms with E-state index in [2.05, 4.69) is 15.9 Å². The van der Waals surface area contributed by atoms with Gasteiger partial charge in [0, 0.05) is 18.1 Å². The van der Waals surface area contributed by atoms with Gasteiger partial charge in [0.2, 0.25) is 0 Å².